The number of nitrogens with one attached hydrogen (secondary N) is 1. The third-order valence-corrected chi connectivity index (χ3v) is 3.48. The summed E-state index contributed by atoms with van der Waals surface area (Å²) in [6.45, 7) is 6.23. The maximum absolute atomic E-state index is 4.70. The van der Waals surface area contributed by atoms with E-state index < -0.39 is 0 Å². The first-order valence-corrected chi connectivity index (χ1v) is 6.11. The summed E-state index contributed by atoms with van der Waals surface area (Å²) < 4.78 is 2.10. The van der Waals surface area contributed by atoms with Gasteiger partial charge in [0.15, 0.2) is 0 Å². The van der Waals surface area contributed by atoms with Crippen LogP contribution in [0.5, 0.6) is 0 Å². The molecule has 3 nitrogen and oxygen atoms in total. The molecule has 17 heavy (non-hydrogen) atoms. The molecule has 0 saturated heterocycles. The molecule has 0 bridgehead atoms. The van der Waals surface area contributed by atoms with Crippen molar-refractivity contribution in [2.45, 2.75) is 26.8 Å². The summed E-state index contributed by atoms with van der Waals surface area (Å²) in [5, 5.41) is 8.12. The minimum Gasteiger partial charge on any atom is -0.311 e. The van der Waals surface area contributed by atoms with Gasteiger partial charge in [0.25, 0.3) is 0 Å². The molecule has 0 aliphatic carbocycles. The molecule has 0 spiro atoms. The topological polar surface area (TPSA) is 29.9 Å². The van der Waals surface area contributed by atoms with E-state index in [0.717, 1.165) is 19.5 Å². The van der Waals surface area contributed by atoms with Gasteiger partial charge in [-0.15, -0.1) is 0 Å². The quantitative estimate of drug-likeness (QED) is 0.809. The summed E-state index contributed by atoms with van der Waals surface area (Å²) in [7, 11) is 0. The first-order valence-electron chi connectivity index (χ1n) is 6.11. The van der Waals surface area contributed by atoms with Gasteiger partial charge < -0.3 is 5.32 Å². The number of hydrogen-bond donors (Lipinski definition) is 1. The fourth-order valence-electron chi connectivity index (χ4n) is 2.53. The second-order valence-corrected chi connectivity index (χ2v) is 4.64. The summed E-state index contributed by atoms with van der Waals surface area (Å²) >= 11 is 0. The Morgan fingerprint density at radius 3 is 2.88 bits per heavy atom. The van der Waals surface area contributed by atoms with E-state index in [2.05, 4.69) is 48.1 Å². The summed E-state index contributed by atoms with van der Waals surface area (Å²) in [6, 6.07) is 8.41. The van der Waals surface area contributed by atoms with Gasteiger partial charge in [0.05, 0.1) is 17.1 Å². The molecule has 1 N–H and O–H groups in total. The highest BCUT2D eigenvalue weighted by atomic mass is 15.3. The third kappa shape index (κ3) is 1.67. The molecule has 1 aromatic heterocycles. The van der Waals surface area contributed by atoms with Crippen molar-refractivity contribution in [1.82, 2.24) is 15.1 Å². The van der Waals surface area contributed by atoms with Gasteiger partial charge in [-0.3, -0.25) is 0 Å². The second-order valence-electron chi connectivity index (χ2n) is 4.64. The van der Waals surface area contributed by atoms with Crippen molar-refractivity contribution in [3.63, 3.8) is 0 Å². The summed E-state index contributed by atoms with van der Waals surface area (Å²) in [5.41, 5.74) is 6.38. The number of benzene rings is 1. The SMILES string of the molecule is Cc1ccccc1-n1nc(C)c2c1CNCC2. The Bertz CT molecular complexity index is 555. The predicted molar refractivity (Wildman–Crippen MR) is 68.4 cm³/mol. The van der Waals surface area contributed by atoms with Crippen molar-refractivity contribution < 1.29 is 0 Å². The lowest BCUT2D eigenvalue weighted by molar-refractivity contribution is 0.613. The molecule has 3 rings (SSSR count). The average molecular weight is 227 g/mol. The number of nitrogens with zero attached hydrogens (tertiary/aromatic N) is 2. The van der Waals surface area contributed by atoms with Crippen LogP contribution in [0.3, 0.4) is 0 Å². The summed E-state index contributed by atoms with van der Waals surface area (Å²) in [6.07, 6.45) is 1.09. The molecule has 0 radical (unpaired) electrons. The lowest BCUT2D eigenvalue weighted by Gasteiger charge is -2.16. The van der Waals surface area contributed by atoms with Crippen molar-refractivity contribution in [3.8, 4) is 5.69 Å². The second kappa shape index (κ2) is 4.00. The largest absolute Gasteiger partial charge is 0.311 e. The van der Waals surface area contributed by atoms with Crippen LogP contribution in [0.25, 0.3) is 5.69 Å². The lowest BCUT2D eigenvalue weighted by Crippen LogP contribution is -2.25. The van der Waals surface area contributed by atoms with Gasteiger partial charge in [-0.2, -0.15) is 5.10 Å². The van der Waals surface area contributed by atoms with Crippen LogP contribution in [0.15, 0.2) is 24.3 Å². The molecule has 1 aliphatic rings. The van der Waals surface area contributed by atoms with Gasteiger partial charge >= 0.3 is 0 Å². The molecule has 0 amide bonds. The van der Waals surface area contributed by atoms with Gasteiger partial charge in [-0.25, -0.2) is 4.68 Å². The zero-order chi connectivity index (χ0) is 11.8. The van der Waals surface area contributed by atoms with Crippen molar-refractivity contribution in [3.05, 3.63) is 46.8 Å². The molecule has 3 heteroatoms. The molecule has 0 fully saturated rings. The van der Waals surface area contributed by atoms with E-state index in [1.807, 2.05) is 0 Å². The van der Waals surface area contributed by atoms with Crippen LogP contribution < -0.4 is 5.32 Å². The normalized spacial score (nSPS) is 14.7. The maximum Gasteiger partial charge on any atom is 0.0678 e. The van der Waals surface area contributed by atoms with Crippen LogP contribution in [-0.4, -0.2) is 16.3 Å². The summed E-state index contributed by atoms with van der Waals surface area (Å²) in [4.78, 5) is 0. The van der Waals surface area contributed by atoms with Crippen LogP contribution in [0.1, 0.15) is 22.5 Å². The van der Waals surface area contributed by atoms with Gasteiger partial charge in [0.1, 0.15) is 0 Å². The Hall–Kier alpha value is -1.61. The molecule has 2 heterocycles. The number of aromatic nitrogens is 2. The van der Waals surface area contributed by atoms with Crippen LogP contribution in [0.2, 0.25) is 0 Å². The van der Waals surface area contributed by atoms with Crippen LogP contribution in [-0.2, 0) is 13.0 Å². The van der Waals surface area contributed by atoms with Gasteiger partial charge in [0, 0.05) is 6.54 Å². The number of fused-ring (bicyclic) bond motifs is 1. The monoisotopic (exact) mass is 227 g/mol. The number of aryl methyl sites for hydroxylation is 2. The van der Waals surface area contributed by atoms with E-state index in [9.17, 15) is 0 Å². The fraction of sp³-hybridized carbons (Fsp3) is 0.357. The van der Waals surface area contributed by atoms with Crippen molar-refractivity contribution in [2.24, 2.45) is 0 Å². The third-order valence-electron chi connectivity index (χ3n) is 3.48. The number of para-hydroxylation sites is 1. The minimum absolute atomic E-state index is 0.921. The first kappa shape index (κ1) is 10.5. The fourth-order valence-corrected chi connectivity index (χ4v) is 2.53. The highest BCUT2D eigenvalue weighted by molar-refractivity contribution is 5.43. The zero-order valence-electron chi connectivity index (χ0n) is 10.3. The number of hydrogen-bond acceptors (Lipinski definition) is 2. The zero-order valence-corrected chi connectivity index (χ0v) is 10.3. The molecule has 0 saturated carbocycles. The maximum atomic E-state index is 4.70. The number of rotatable bonds is 1. The van der Waals surface area contributed by atoms with E-state index in [1.165, 1.54) is 28.2 Å². The standard InChI is InChI=1S/C14H17N3/c1-10-5-3-4-6-13(10)17-14-9-15-8-7-12(14)11(2)16-17/h3-6,15H,7-9H2,1-2H3. The molecule has 2 aromatic rings. The van der Waals surface area contributed by atoms with E-state index >= 15 is 0 Å². The van der Waals surface area contributed by atoms with Crippen molar-refractivity contribution in [1.29, 1.82) is 0 Å². The van der Waals surface area contributed by atoms with Crippen molar-refractivity contribution >= 4 is 0 Å². The molecular formula is C14H17N3. The highest BCUT2D eigenvalue weighted by Crippen LogP contribution is 2.23. The molecular weight excluding hydrogens is 210 g/mol. The molecule has 88 valence electrons. The van der Waals surface area contributed by atoms with Gasteiger partial charge in [0.2, 0.25) is 0 Å². The van der Waals surface area contributed by atoms with E-state index in [4.69, 9.17) is 5.10 Å². The Labute approximate surface area is 101 Å². The Morgan fingerprint density at radius 2 is 2.06 bits per heavy atom. The van der Waals surface area contributed by atoms with E-state index in [0.29, 0.717) is 0 Å². The summed E-state index contributed by atoms with van der Waals surface area (Å²) in [5.74, 6) is 0. The minimum atomic E-state index is 0.921. The van der Waals surface area contributed by atoms with Gasteiger partial charge in [-0.1, -0.05) is 18.2 Å². The van der Waals surface area contributed by atoms with Crippen LogP contribution >= 0.6 is 0 Å². The first-order chi connectivity index (χ1) is 8.27. The Kier molecular flexibility index (Phi) is 2.48. The van der Waals surface area contributed by atoms with E-state index in [-0.39, 0.29) is 0 Å². The lowest BCUT2D eigenvalue weighted by atomic mass is 10.1. The molecule has 0 unspecified atom stereocenters. The van der Waals surface area contributed by atoms with Crippen molar-refractivity contribution in [2.75, 3.05) is 6.54 Å². The molecule has 1 aliphatic heterocycles. The average Bonchev–Trinajstić information content (AvgIpc) is 2.68. The van der Waals surface area contributed by atoms with Gasteiger partial charge in [-0.05, 0) is 44.0 Å². The molecule has 1 aromatic carbocycles. The van der Waals surface area contributed by atoms with E-state index in [1.54, 1.807) is 0 Å². The van der Waals surface area contributed by atoms with Crippen LogP contribution in [0, 0.1) is 13.8 Å². The highest BCUT2D eigenvalue weighted by Gasteiger charge is 2.19. The Balaban J connectivity index is 2.19. The van der Waals surface area contributed by atoms with Crippen LogP contribution in [0.4, 0.5) is 0 Å². The smallest absolute Gasteiger partial charge is 0.0678 e. The molecule has 0 atom stereocenters. The Morgan fingerprint density at radius 1 is 1.24 bits per heavy atom. The predicted octanol–water partition coefficient (Wildman–Crippen LogP) is 2.13.